The molecule has 0 bridgehead atoms. The van der Waals surface area contributed by atoms with Gasteiger partial charge < -0.3 is 9.30 Å². The van der Waals surface area contributed by atoms with E-state index in [1.54, 1.807) is 24.9 Å². The van der Waals surface area contributed by atoms with Gasteiger partial charge in [0, 0.05) is 28.8 Å². The van der Waals surface area contributed by atoms with Crippen molar-refractivity contribution in [3.05, 3.63) is 82.1 Å². The third-order valence-electron chi connectivity index (χ3n) is 4.50. The molecule has 0 saturated carbocycles. The van der Waals surface area contributed by atoms with Crippen LogP contribution in [0.4, 0.5) is 0 Å². The minimum Gasteiger partial charge on any atom is -0.497 e. The number of hydrogen-bond acceptors (Lipinski definition) is 4. The largest absolute Gasteiger partial charge is 0.497 e. The number of aryl methyl sites for hydroxylation is 2. The van der Waals surface area contributed by atoms with Gasteiger partial charge in [0.15, 0.2) is 5.16 Å². The van der Waals surface area contributed by atoms with Gasteiger partial charge in [0.05, 0.1) is 7.11 Å². The standard InChI is InChI=1S/C22H23Cl2N3OS/c1-3-13-27-21(6-4-5-16-7-11-19(28-2)12-8-16)25-26-22(27)29-15-17-9-10-18(23)14-20(17)24/h3,7-12,14H,1,4-6,13,15H2,2H3. The van der Waals surface area contributed by atoms with E-state index in [0.717, 1.165) is 41.6 Å². The van der Waals surface area contributed by atoms with Crippen LogP contribution in [0, 0.1) is 0 Å². The molecule has 0 atom stereocenters. The van der Waals surface area contributed by atoms with Gasteiger partial charge in [-0.15, -0.1) is 16.8 Å². The summed E-state index contributed by atoms with van der Waals surface area (Å²) in [5.74, 6) is 2.56. The normalized spacial score (nSPS) is 10.9. The van der Waals surface area contributed by atoms with Crippen LogP contribution >= 0.6 is 35.0 Å². The smallest absolute Gasteiger partial charge is 0.191 e. The number of benzene rings is 2. The van der Waals surface area contributed by atoms with Gasteiger partial charge in [-0.2, -0.15) is 0 Å². The Kier molecular flexibility index (Phi) is 8.04. The zero-order chi connectivity index (χ0) is 20.6. The van der Waals surface area contributed by atoms with Gasteiger partial charge in [0.25, 0.3) is 0 Å². The lowest BCUT2D eigenvalue weighted by molar-refractivity contribution is 0.414. The predicted octanol–water partition coefficient (Wildman–Crippen LogP) is 6.25. The molecule has 0 amide bonds. The van der Waals surface area contributed by atoms with Gasteiger partial charge in [-0.05, 0) is 48.2 Å². The van der Waals surface area contributed by atoms with Gasteiger partial charge in [0.2, 0.25) is 0 Å². The number of methoxy groups -OCH3 is 1. The summed E-state index contributed by atoms with van der Waals surface area (Å²) in [4.78, 5) is 0. The quantitative estimate of drug-likeness (QED) is 0.272. The van der Waals surface area contributed by atoms with Crippen LogP contribution in [0.15, 0.2) is 60.3 Å². The van der Waals surface area contributed by atoms with Crippen molar-refractivity contribution in [2.75, 3.05) is 7.11 Å². The highest BCUT2D eigenvalue weighted by Gasteiger charge is 2.13. The highest BCUT2D eigenvalue weighted by Crippen LogP contribution is 2.28. The molecule has 3 rings (SSSR count). The Hall–Kier alpha value is -1.95. The number of thioether (sulfide) groups is 1. The maximum atomic E-state index is 6.28. The van der Waals surface area contributed by atoms with Crippen LogP contribution in [-0.2, 0) is 25.1 Å². The van der Waals surface area contributed by atoms with E-state index in [0.29, 0.717) is 22.3 Å². The molecular weight excluding hydrogens is 425 g/mol. The molecule has 4 nitrogen and oxygen atoms in total. The van der Waals surface area contributed by atoms with E-state index in [1.165, 1.54) is 5.56 Å². The Morgan fingerprint density at radius 3 is 2.59 bits per heavy atom. The maximum Gasteiger partial charge on any atom is 0.191 e. The number of halogens is 2. The number of rotatable bonds is 10. The van der Waals surface area contributed by atoms with E-state index >= 15 is 0 Å². The third kappa shape index (κ3) is 6.01. The number of allylic oxidation sites excluding steroid dienone is 1. The van der Waals surface area contributed by atoms with Gasteiger partial charge in [-0.25, -0.2) is 0 Å². The zero-order valence-electron chi connectivity index (χ0n) is 16.3. The van der Waals surface area contributed by atoms with Crippen molar-refractivity contribution < 1.29 is 4.74 Å². The monoisotopic (exact) mass is 447 g/mol. The SMILES string of the molecule is C=CCn1c(CCCc2ccc(OC)cc2)nnc1SCc1ccc(Cl)cc1Cl. The Balaban J connectivity index is 1.61. The van der Waals surface area contributed by atoms with Crippen molar-refractivity contribution >= 4 is 35.0 Å². The first-order valence-electron chi connectivity index (χ1n) is 9.33. The summed E-state index contributed by atoms with van der Waals surface area (Å²) in [6.07, 6.45) is 4.70. The van der Waals surface area contributed by atoms with Crippen molar-refractivity contribution in [2.45, 2.75) is 36.7 Å². The van der Waals surface area contributed by atoms with Crippen molar-refractivity contribution in [3.8, 4) is 5.75 Å². The van der Waals surface area contributed by atoms with E-state index < -0.39 is 0 Å². The predicted molar refractivity (Wildman–Crippen MR) is 121 cm³/mol. The highest BCUT2D eigenvalue weighted by atomic mass is 35.5. The van der Waals surface area contributed by atoms with E-state index in [2.05, 4.69) is 33.5 Å². The molecule has 0 fully saturated rings. The molecule has 0 N–H and O–H groups in total. The molecular formula is C22H23Cl2N3OS. The van der Waals surface area contributed by atoms with Crippen LogP contribution in [0.25, 0.3) is 0 Å². The van der Waals surface area contributed by atoms with Crippen molar-refractivity contribution in [1.82, 2.24) is 14.8 Å². The summed E-state index contributed by atoms with van der Waals surface area (Å²) in [6.45, 7) is 4.55. The minimum absolute atomic E-state index is 0.637. The molecule has 3 aromatic rings. The first-order valence-corrected chi connectivity index (χ1v) is 11.1. The van der Waals surface area contributed by atoms with Crippen molar-refractivity contribution in [1.29, 1.82) is 0 Å². The van der Waals surface area contributed by atoms with Crippen LogP contribution in [0.1, 0.15) is 23.4 Å². The molecule has 152 valence electrons. The molecule has 0 spiro atoms. The topological polar surface area (TPSA) is 39.9 Å². The second-order valence-electron chi connectivity index (χ2n) is 6.52. The van der Waals surface area contributed by atoms with Gasteiger partial charge in [0.1, 0.15) is 11.6 Å². The van der Waals surface area contributed by atoms with E-state index in [4.69, 9.17) is 27.9 Å². The Bertz CT molecular complexity index is 957. The van der Waals surface area contributed by atoms with E-state index in [1.807, 2.05) is 30.3 Å². The average molecular weight is 448 g/mol. The first-order chi connectivity index (χ1) is 14.1. The van der Waals surface area contributed by atoms with E-state index in [9.17, 15) is 0 Å². The Morgan fingerprint density at radius 2 is 1.90 bits per heavy atom. The van der Waals surface area contributed by atoms with Crippen molar-refractivity contribution in [2.24, 2.45) is 0 Å². The van der Waals surface area contributed by atoms with Crippen LogP contribution in [-0.4, -0.2) is 21.9 Å². The molecule has 0 saturated heterocycles. The Labute approximate surface area is 185 Å². The minimum atomic E-state index is 0.637. The van der Waals surface area contributed by atoms with Crippen LogP contribution in [0.3, 0.4) is 0 Å². The second-order valence-corrected chi connectivity index (χ2v) is 8.31. The number of ether oxygens (including phenoxy) is 1. The molecule has 0 aliphatic carbocycles. The summed E-state index contributed by atoms with van der Waals surface area (Å²) in [5.41, 5.74) is 2.31. The molecule has 0 unspecified atom stereocenters. The molecule has 29 heavy (non-hydrogen) atoms. The summed E-state index contributed by atoms with van der Waals surface area (Å²) in [5, 5.41) is 11.0. The summed E-state index contributed by atoms with van der Waals surface area (Å²) >= 11 is 13.9. The fourth-order valence-electron chi connectivity index (χ4n) is 2.95. The van der Waals surface area contributed by atoms with Crippen LogP contribution in [0.2, 0.25) is 10.0 Å². The van der Waals surface area contributed by atoms with Gasteiger partial charge in [-0.1, -0.05) is 59.2 Å². The number of nitrogens with zero attached hydrogens (tertiary/aromatic N) is 3. The summed E-state index contributed by atoms with van der Waals surface area (Å²) < 4.78 is 7.33. The fourth-order valence-corrected chi connectivity index (χ4v) is 4.47. The average Bonchev–Trinajstić information content (AvgIpc) is 3.10. The lowest BCUT2D eigenvalue weighted by Crippen LogP contribution is -2.05. The zero-order valence-corrected chi connectivity index (χ0v) is 18.6. The summed E-state index contributed by atoms with van der Waals surface area (Å²) in [7, 11) is 1.68. The van der Waals surface area contributed by atoms with E-state index in [-0.39, 0.29) is 0 Å². The third-order valence-corrected chi connectivity index (χ3v) is 6.10. The summed E-state index contributed by atoms with van der Waals surface area (Å²) in [6, 6.07) is 13.7. The molecule has 7 heteroatoms. The van der Waals surface area contributed by atoms with Crippen LogP contribution in [0.5, 0.6) is 5.75 Å². The molecule has 1 heterocycles. The Morgan fingerprint density at radius 1 is 1.10 bits per heavy atom. The lowest BCUT2D eigenvalue weighted by atomic mass is 10.1. The maximum absolute atomic E-state index is 6.28. The first kappa shape index (κ1) is 21.8. The van der Waals surface area contributed by atoms with Gasteiger partial charge in [-0.3, -0.25) is 0 Å². The number of hydrogen-bond donors (Lipinski definition) is 0. The van der Waals surface area contributed by atoms with Crippen LogP contribution < -0.4 is 4.74 Å². The fraction of sp³-hybridized carbons (Fsp3) is 0.273. The molecule has 1 aromatic heterocycles. The van der Waals surface area contributed by atoms with Gasteiger partial charge >= 0.3 is 0 Å². The number of aromatic nitrogens is 3. The second kappa shape index (κ2) is 10.7. The van der Waals surface area contributed by atoms with Crippen molar-refractivity contribution in [3.63, 3.8) is 0 Å². The highest BCUT2D eigenvalue weighted by molar-refractivity contribution is 7.98. The molecule has 0 radical (unpaired) electrons. The molecule has 2 aromatic carbocycles. The molecule has 0 aliphatic heterocycles. The molecule has 0 aliphatic rings. The lowest BCUT2D eigenvalue weighted by Gasteiger charge is -2.09.